The van der Waals surface area contributed by atoms with E-state index >= 15 is 0 Å². The van der Waals surface area contributed by atoms with Gasteiger partial charge in [-0.05, 0) is 35.4 Å². The second-order valence-corrected chi connectivity index (χ2v) is 7.08. The van der Waals surface area contributed by atoms with Gasteiger partial charge >= 0.3 is 12.4 Å². The van der Waals surface area contributed by atoms with Crippen LogP contribution in [0.3, 0.4) is 0 Å². The average molecular weight is 432 g/mol. The molecule has 0 aromatic heterocycles. The molecule has 1 aliphatic rings. The molecule has 0 saturated carbocycles. The first-order valence-corrected chi connectivity index (χ1v) is 9.53. The lowest BCUT2D eigenvalue weighted by atomic mass is 9.99. The van der Waals surface area contributed by atoms with Crippen LogP contribution in [0.4, 0.5) is 26.3 Å². The smallest absolute Gasteiger partial charge is 0.367 e. The maximum absolute atomic E-state index is 12.9. The third-order valence-corrected chi connectivity index (χ3v) is 4.98. The van der Waals surface area contributed by atoms with E-state index in [1.54, 1.807) is 0 Å². The fourth-order valence-corrected chi connectivity index (χ4v) is 3.31. The number of nitrogens with one attached hydrogen (secondary N) is 1. The molecule has 0 bridgehead atoms. The molecule has 1 aliphatic heterocycles. The standard InChI is InChI=1S/C21H22F6N2O/c22-20(23,24)17-5-1-15(2-6-17)19(30-14-13-29-11-9-28-10-12-29)16-3-7-18(8-4-16)21(25,26)27/h1-8,19,28H,9-14H2. The monoisotopic (exact) mass is 432 g/mol. The summed E-state index contributed by atoms with van der Waals surface area (Å²) in [5.74, 6) is 0. The normalized spacial score (nSPS) is 16.2. The van der Waals surface area contributed by atoms with Crippen LogP contribution in [0.1, 0.15) is 28.4 Å². The predicted molar refractivity (Wildman–Crippen MR) is 100.0 cm³/mol. The van der Waals surface area contributed by atoms with Crippen molar-refractivity contribution in [3.63, 3.8) is 0 Å². The predicted octanol–water partition coefficient (Wildman–Crippen LogP) is 4.74. The van der Waals surface area contributed by atoms with Crippen LogP contribution in [0.2, 0.25) is 0 Å². The molecular formula is C21H22F6N2O. The molecule has 0 spiro atoms. The van der Waals surface area contributed by atoms with Gasteiger partial charge in [-0.3, -0.25) is 4.90 Å². The number of benzene rings is 2. The summed E-state index contributed by atoms with van der Waals surface area (Å²) in [4.78, 5) is 2.19. The number of halogens is 6. The van der Waals surface area contributed by atoms with Crippen LogP contribution in [-0.2, 0) is 17.1 Å². The Labute approximate surface area is 170 Å². The molecule has 164 valence electrons. The quantitative estimate of drug-likeness (QED) is 0.668. The first-order chi connectivity index (χ1) is 14.1. The fraction of sp³-hybridized carbons (Fsp3) is 0.429. The van der Waals surface area contributed by atoms with Gasteiger partial charge in [0.05, 0.1) is 17.7 Å². The molecule has 2 aromatic rings. The Morgan fingerprint density at radius 1 is 0.767 bits per heavy atom. The number of nitrogens with zero attached hydrogens (tertiary/aromatic N) is 1. The highest BCUT2D eigenvalue weighted by molar-refractivity contribution is 5.35. The van der Waals surface area contributed by atoms with E-state index in [0.29, 0.717) is 24.3 Å². The summed E-state index contributed by atoms with van der Waals surface area (Å²) in [6.45, 7) is 4.36. The van der Waals surface area contributed by atoms with Crippen molar-refractivity contribution in [2.24, 2.45) is 0 Å². The van der Waals surface area contributed by atoms with Gasteiger partial charge in [-0.25, -0.2) is 0 Å². The van der Waals surface area contributed by atoms with Gasteiger partial charge in [0.1, 0.15) is 6.10 Å². The highest BCUT2D eigenvalue weighted by Crippen LogP contribution is 2.34. The number of alkyl halides is 6. The molecular weight excluding hydrogens is 410 g/mol. The summed E-state index contributed by atoms with van der Waals surface area (Å²) in [5.41, 5.74) is -0.692. The Kier molecular flexibility index (Phi) is 7.05. The first-order valence-electron chi connectivity index (χ1n) is 9.53. The molecule has 1 heterocycles. The van der Waals surface area contributed by atoms with Gasteiger partial charge in [0.25, 0.3) is 0 Å². The molecule has 0 unspecified atom stereocenters. The number of hydrogen-bond donors (Lipinski definition) is 1. The van der Waals surface area contributed by atoms with E-state index < -0.39 is 29.6 Å². The maximum Gasteiger partial charge on any atom is 0.416 e. The molecule has 3 nitrogen and oxygen atoms in total. The summed E-state index contributed by atoms with van der Waals surface area (Å²) in [5, 5.41) is 3.23. The van der Waals surface area contributed by atoms with Gasteiger partial charge in [0.15, 0.2) is 0 Å². The third kappa shape index (κ3) is 5.96. The van der Waals surface area contributed by atoms with Crippen LogP contribution in [0.15, 0.2) is 48.5 Å². The summed E-state index contributed by atoms with van der Waals surface area (Å²) in [7, 11) is 0. The van der Waals surface area contributed by atoms with Crippen molar-refractivity contribution in [2.45, 2.75) is 18.5 Å². The van der Waals surface area contributed by atoms with E-state index in [9.17, 15) is 26.3 Å². The van der Waals surface area contributed by atoms with Crippen LogP contribution >= 0.6 is 0 Å². The number of rotatable bonds is 6. The van der Waals surface area contributed by atoms with Crippen molar-refractivity contribution in [1.82, 2.24) is 10.2 Å². The Morgan fingerprint density at radius 2 is 1.20 bits per heavy atom. The minimum absolute atomic E-state index is 0.298. The van der Waals surface area contributed by atoms with E-state index in [1.165, 1.54) is 24.3 Å². The molecule has 0 amide bonds. The molecule has 0 radical (unpaired) electrons. The minimum atomic E-state index is -4.47. The largest absolute Gasteiger partial charge is 0.416 e. The molecule has 30 heavy (non-hydrogen) atoms. The van der Waals surface area contributed by atoms with Gasteiger partial charge in [-0.15, -0.1) is 0 Å². The van der Waals surface area contributed by atoms with E-state index in [-0.39, 0.29) is 0 Å². The molecule has 1 saturated heterocycles. The van der Waals surface area contributed by atoms with Gasteiger partial charge < -0.3 is 10.1 Å². The summed E-state index contributed by atoms with van der Waals surface area (Å²) < 4.78 is 83.1. The molecule has 0 aliphatic carbocycles. The van der Waals surface area contributed by atoms with Crippen molar-refractivity contribution >= 4 is 0 Å². The van der Waals surface area contributed by atoms with Gasteiger partial charge in [-0.2, -0.15) is 26.3 Å². The van der Waals surface area contributed by atoms with Crippen LogP contribution in [0.25, 0.3) is 0 Å². The Balaban J connectivity index is 1.78. The van der Waals surface area contributed by atoms with Crippen molar-refractivity contribution in [3.8, 4) is 0 Å². The lowest BCUT2D eigenvalue weighted by Crippen LogP contribution is -2.44. The van der Waals surface area contributed by atoms with Gasteiger partial charge in [-0.1, -0.05) is 24.3 Å². The van der Waals surface area contributed by atoms with E-state index in [0.717, 1.165) is 50.4 Å². The summed E-state index contributed by atoms with van der Waals surface area (Å²) in [6, 6.07) is 9.01. The summed E-state index contributed by atoms with van der Waals surface area (Å²) in [6.07, 6.45) is -9.70. The third-order valence-electron chi connectivity index (χ3n) is 4.98. The van der Waals surface area contributed by atoms with Gasteiger partial charge in [0.2, 0.25) is 0 Å². The Bertz CT molecular complexity index is 739. The highest BCUT2D eigenvalue weighted by atomic mass is 19.4. The molecule has 1 fully saturated rings. The summed E-state index contributed by atoms with van der Waals surface area (Å²) >= 11 is 0. The van der Waals surface area contributed by atoms with E-state index in [2.05, 4.69) is 10.2 Å². The highest BCUT2D eigenvalue weighted by Gasteiger charge is 2.32. The second-order valence-electron chi connectivity index (χ2n) is 7.08. The molecule has 9 heteroatoms. The van der Waals surface area contributed by atoms with Gasteiger partial charge in [0, 0.05) is 32.7 Å². The van der Waals surface area contributed by atoms with E-state index in [1.807, 2.05) is 0 Å². The second kappa shape index (κ2) is 9.36. The lowest BCUT2D eigenvalue weighted by molar-refractivity contribution is -0.138. The molecule has 0 atom stereocenters. The maximum atomic E-state index is 12.9. The Morgan fingerprint density at radius 3 is 1.60 bits per heavy atom. The lowest BCUT2D eigenvalue weighted by Gasteiger charge is -2.28. The van der Waals surface area contributed by atoms with Crippen molar-refractivity contribution < 1.29 is 31.1 Å². The zero-order valence-corrected chi connectivity index (χ0v) is 16.1. The van der Waals surface area contributed by atoms with Crippen LogP contribution < -0.4 is 5.32 Å². The minimum Gasteiger partial charge on any atom is -0.367 e. The van der Waals surface area contributed by atoms with E-state index in [4.69, 9.17) is 4.74 Å². The van der Waals surface area contributed by atoms with Crippen LogP contribution in [-0.4, -0.2) is 44.2 Å². The molecule has 2 aromatic carbocycles. The first kappa shape index (κ1) is 22.6. The van der Waals surface area contributed by atoms with Crippen molar-refractivity contribution in [3.05, 3.63) is 70.8 Å². The topological polar surface area (TPSA) is 24.5 Å². The zero-order valence-electron chi connectivity index (χ0n) is 16.1. The fourth-order valence-electron chi connectivity index (χ4n) is 3.31. The number of ether oxygens (including phenoxy) is 1. The van der Waals surface area contributed by atoms with Crippen molar-refractivity contribution in [2.75, 3.05) is 39.3 Å². The average Bonchev–Trinajstić information content (AvgIpc) is 2.71. The number of piperazine rings is 1. The van der Waals surface area contributed by atoms with Crippen LogP contribution in [0.5, 0.6) is 0 Å². The SMILES string of the molecule is FC(F)(F)c1ccc(C(OCCN2CCNCC2)c2ccc(C(F)(F)F)cc2)cc1. The number of hydrogen-bond acceptors (Lipinski definition) is 3. The Hall–Kier alpha value is -2.10. The van der Waals surface area contributed by atoms with Crippen molar-refractivity contribution in [1.29, 1.82) is 0 Å². The molecule has 1 N–H and O–H groups in total. The van der Waals surface area contributed by atoms with Crippen LogP contribution in [0, 0.1) is 0 Å². The molecule has 3 rings (SSSR count). The zero-order chi connectivity index (χ0) is 21.8.